The van der Waals surface area contributed by atoms with E-state index in [1.165, 1.54) is 11.3 Å². The first-order chi connectivity index (χ1) is 8.96. The SMILES string of the molecule is CC1SCCN(S(=O)(=O)c2ccc(CCN)s2)C1C. The van der Waals surface area contributed by atoms with Crippen molar-refractivity contribution in [2.75, 3.05) is 18.8 Å². The highest BCUT2D eigenvalue weighted by molar-refractivity contribution is 8.00. The van der Waals surface area contributed by atoms with E-state index in [1.54, 1.807) is 10.4 Å². The van der Waals surface area contributed by atoms with Crippen molar-refractivity contribution in [3.05, 3.63) is 17.0 Å². The number of sulfonamides is 1. The number of nitrogens with two attached hydrogens (primary N) is 1. The van der Waals surface area contributed by atoms with Gasteiger partial charge in [-0.3, -0.25) is 0 Å². The number of hydrogen-bond donors (Lipinski definition) is 1. The fourth-order valence-electron chi connectivity index (χ4n) is 2.13. The molecule has 19 heavy (non-hydrogen) atoms. The average Bonchev–Trinajstić information content (AvgIpc) is 2.82. The summed E-state index contributed by atoms with van der Waals surface area (Å²) in [6, 6.07) is 3.63. The molecule has 0 amide bonds. The smallest absolute Gasteiger partial charge is 0.252 e. The zero-order valence-corrected chi connectivity index (χ0v) is 13.7. The number of rotatable bonds is 4. The third kappa shape index (κ3) is 3.16. The minimum atomic E-state index is -3.34. The van der Waals surface area contributed by atoms with Gasteiger partial charge in [0.05, 0.1) is 0 Å². The highest BCUT2D eigenvalue weighted by atomic mass is 32.2. The van der Waals surface area contributed by atoms with Crippen LogP contribution in [0.5, 0.6) is 0 Å². The summed E-state index contributed by atoms with van der Waals surface area (Å²) in [4.78, 5) is 1.04. The van der Waals surface area contributed by atoms with Gasteiger partial charge in [-0.05, 0) is 32.0 Å². The predicted molar refractivity (Wildman–Crippen MR) is 82.4 cm³/mol. The molecule has 1 fully saturated rings. The first kappa shape index (κ1) is 15.3. The molecule has 2 atom stereocenters. The molecule has 0 saturated carbocycles. The first-order valence-electron chi connectivity index (χ1n) is 6.39. The fraction of sp³-hybridized carbons (Fsp3) is 0.667. The molecule has 0 aliphatic carbocycles. The van der Waals surface area contributed by atoms with Crippen molar-refractivity contribution in [2.45, 2.75) is 35.8 Å². The zero-order chi connectivity index (χ0) is 14.0. The molecule has 108 valence electrons. The number of thiophene rings is 1. The molecule has 0 bridgehead atoms. The summed E-state index contributed by atoms with van der Waals surface area (Å²) in [6.07, 6.45) is 0.738. The second-order valence-electron chi connectivity index (χ2n) is 4.69. The molecule has 1 aliphatic heterocycles. The van der Waals surface area contributed by atoms with Crippen molar-refractivity contribution in [1.29, 1.82) is 0 Å². The van der Waals surface area contributed by atoms with Crippen molar-refractivity contribution in [3.8, 4) is 0 Å². The normalized spacial score (nSPS) is 25.6. The maximum Gasteiger partial charge on any atom is 0.252 e. The van der Waals surface area contributed by atoms with Crippen molar-refractivity contribution < 1.29 is 8.42 Å². The highest BCUT2D eigenvalue weighted by Gasteiger charge is 2.35. The molecular formula is C12H20N2O2S3. The summed E-state index contributed by atoms with van der Waals surface area (Å²) < 4.78 is 27.4. The average molecular weight is 321 g/mol. The molecule has 2 unspecified atom stereocenters. The van der Waals surface area contributed by atoms with Gasteiger partial charge >= 0.3 is 0 Å². The summed E-state index contributed by atoms with van der Waals surface area (Å²) >= 11 is 3.18. The van der Waals surface area contributed by atoms with Gasteiger partial charge in [-0.25, -0.2) is 8.42 Å². The largest absolute Gasteiger partial charge is 0.330 e. The molecule has 1 aromatic rings. The molecule has 7 heteroatoms. The summed E-state index contributed by atoms with van der Waals surface area (Å²) in [6.45, 7) is 5.23. The van der Waals surface area contributed by atoms with Gasteiger partial charge in [0, 0.05) is 28.5 Å². The van der Waals surface area contributed by atoms with E-state index in [1.807, 2.05) is 24.8 Å². The topological polar surface area (TPSA) is 63.4 Å². The second kappa shape index (κ2) is 6.13. The lowest BCUT2D eigenvalue weighted by Crippen LogP contribution is -2.47. The van der Waals surface area contributed by atoms with Crippen molar-refractivity contribution >= 4 is 33.1 Å². The van der Waals surface area contributed by atoms with Gasteiger partial charge < -0.3 is 5.73 Å². The van der Waals surface area contributed by atoms with Gasteiger partial charge in [0.1, 0.15) is 4.21 Å². The molecule has 1 aromatic heterocycles. The van der Waals surface area contributed by atoms with Crippen LogP contribution in [-0.2, 0) is 16.4 Å². The van der Waals surface area contributed by atoms with Crippen LogP contribution in [0.15, 0.2) is 16.3 Å². The molecule has 0 spiro atoms. The van der Waals surface area contributed by atoms with Crippen molar-refractivity contribution in [2.24, 2.45) is 5.73 Å². The Labute approximate surface area is 123 Å². The van der Waals surface area contributed by atoms with E-state index in [2.05, 4.69) is 6.92 Å². The van der Waals surface area contributed by atoms with Gasteiger partial charge in [-0.15, -0.1) is 11.3 Å². The van der Waals surface area contributed by atoms with Crippen LogP contribution in [0.4, 0.5) is 0 Å². The van der Waals surface area contributed by atoms with Crippen LogP contribution in [0.3, 0.4) is 0 Å². The molecule has 2 heterocycles. The summed E-state index contributed by atoms with van der Waals surface area (Å²) in [5, 5.41) is 0.340. The molecular weight excluding hydrogens is 300 g/mol. The summed E-state index contributed by atoms with van der Waals surface area (Å²) in [7, 11) is -3.34. The first-order valence-corrected chi connectivity index (χ1v) is 9.69. The molecule has 0 radical (unpaired) electrons. The second-order valence-corrected chi connectivity index (χ2v) is 9.46. The van der Waals surface area contributed by atoms with E-state index in [9.17, 15) is 8.42 Å². The third-order valence-corrected chi connectivity index (χ3v) is 8.35. The number of thioether (sulfide) groups is 1. The van der Waals surface area contributed by atoms with Crippen LogP contribution < -0.4 is 5.73 Å². The highest BCUT2D eigenvalue weighted by Crippen LogP contribution is 2.32. The Hall–Kier alpha value is -0.0800. The van der Waals surface area contributed by atoms with Gasteiger partial charge in [-0.2, -0.15) is 16.1 Å². The Balaban J connectivity index is 2.25. The van der Waals surface area contributed by atoms with Gasteiger partial charge in [-0.1, -0.05) is 6.92 Å². The van der Waals surface area contributed by atoms with E-state index in [0.29, 0.717) is 22.5 Å². The van der Waals surface area contributed by atoms with Crippen LogP contribution in [0, 0.1) is 0 Å². The number of hydrogen-bond acceptors (Lipinski definition) is 5. The van der Waals surface area contributed by atoms with Crippen LogP contribution >= 0.6 is 23.1 Å². The molecule has 2 rings (SSSR count). The number of nitrogens with zero attached hydrogens (tertiary/aromatic N) is 1. The quantitative estimate of drug-likeness (QED) is 0.918. The summed E-state index contributed by atoms with van der Waals surface area (Å²) in [5.41, 5.74) is 5.51. The van der Waals surface area contributed by atoms with Gasteiger partial charge in [0.2, 0.25) is 0 Å². The lowest BCUT2D eigenvalue weighted by atomic mass is 10.2. The minimum Gasteiger partial charge on any atom is -0.330 e. The van der Waals surface area contributed by atoms with Crippen molar-refractivity contribution in [3.63, 3.8) is 0 Å². The van der Waals surface area contributed by atoms with E-state index in [4.69, 9.17) is 5.73 Å². The molecule has 4 nitrogen and oxygen atoms in total. The van der Waals surface area contributed by atoms with Crippen LogP contribution in [0.2, 0.25) is 0 Å². The molecule has 1 saturated heterocycles. The van der Waals surface area contributed by atoms with Gasteiger partial charge in [0.15, 0.2) is 0 Å². The minimum absolute atomic E-state index is 0.0452. The third-order valence-electron chi connectivity index (χ3n) is 3.42. The predicted octanol–water partition coefficient (Wildman–Crippen LogP) is 1.76. The Morgan fingerprint density at radius 3 is 2.84 bits per heavy atom. The maximum atomic E-state index is 12.7. The Morgan fingerprint density at radius 1 is 1.42 bits per heavy atom. The van der Waals surface area contributed by atoms with E-state index < -0.39 is 10.0 Å². The maximum absolute atomic E-state index is 12.7. The van der Waals surface area contributed by atoms with E-state index in [-0.39, 0.29) is 6.04 Å². The van der Waals surface area contributed by atoms with Crippen molar-refractivity contribution in [1.82, 2.24) is 4.31 Å². The van der Waals surface area contributed by atoms with Crippen LogP contribution in [0.1, 0.15) is 18.7 Å². The van der Waals surface area contributed by atoms with E-state index >= 15 is 0 Å². The van der Waals surface area contributed by atoms with Gasteiger partial charge in [0.25, 0.3) is 10.0 Å². The Morgan fingerprint density at radius 2 is 2.16 bits per heavy atom. The lowest BCUT2D eigenvalue weighted by Gasteiger charge is -2.35. The zero-order valence-electron chi connectivity index (χ0n) is 11.2. The van der Waals surface area contributed by atoms with E-state index in [0.717, 1.165) is 17.1 Å². The van der Waals surface area contributed by atoms with Crippen LogP contribution in [-0.4, -0.2) is 42.9 Å². The fourth-order valence-corrected chi connectivity index (χ4v) is 6.63. The standard InChI is InChI=1S/C12H20N2O2S3/c1-9-10(2)17-8-7-14(9)19(15,16)12-4-3-11(18-12)5-6-13/h3-4,9-10H,5-8,13H2,1-2H3. The monoisotopic (exact) mass is 320 g/mol. The Bertz CT molecular complexity index is 527. The molecule has 2 N–H and O–H groups in total. The lowest BCUT2D eigenvalue weighted by molar-refractivity contribution is 0.341. The Kier molecular flexibility index (Phi) is 4.94. The van der Waals surface area contributed by atoms with Crippen LogP contribution in [0.25, 0.3) is 0 Å². The summed E-state index contributed by atoms with van der Waals surface area (Å²) in [5.74, 6) is 0.867. The molecule has 0 aromatic carbocycles. The molecule has 1 aliphatic rings.